The molecule has 0 aliphatic heterocycles. The van der Waals surface area contributed by atoms with Crippen molar-refractivity contribution in [1.29, 1.82) is 0 Å². The van der Waals surface area contributed by atoms with Gasteiger partial charge in [-0.15, -0.1) is 0 Å². The summed E-state index contributed by atoms with van der Waals surface area (Å²) in [7, 11) is 0. The van der Waals surface area contributed by atoms with E-state index in [0.717, 1.165) is 5.69 Å². The van der Waals surface area contributed by atoms with E-state index >= 15 is 0 Å². The Balaban J connectivity index is 2.57. The predicted octanol–water partition coefficient (Wildman–Crippen LogP) is 4.31. The molecule has 0 aliphatic rings. The first-order valence-electron chi connectivity index (χ1n) is 5.33. The molecule has 1 aromatic rings. The highest BCUT2D eigenvalue weighted by Gasteiger charge is 2.05. The van der Waals surface area contributed by atoms with E-state index in [1.165, 1.54) is 0 Å². The van der Waals surface area contributed by atoms with Gasteiger partial charge in [0.15, 0.2) is 5.11 Å². The molecule has 98 valence electrons. The number of thiocarbonyl (C=S) groups is 1. The van der Waals surface area contributed by atoms with Crippen LogP contribution in [0.15, 0.2) is 23.3 Å². The number of nitrogens with zero attached hydrogens (tertiary/aromatic N) is 1. The van der Waals surface area contributed by atoms with Gasteiger partial charge in [0, 0.05) is 21.9 Å². The van der Waals surface area contributed by atoms with E-state index < -0.39 is 0 Å². The van der Waals surface area contributed by atoms with Crippen molar-refractivity contribution in [2.45, 2.75) is 20.8 Å². The van der Waals surface area contributed by atoms with Crippen molar-refractivity contribution in [3.05, 3.63) is 28.2 Å². The number of anilines is 1. The summed E-state index contributed by atoms with van der Waals surface area (Å²) in [6.45, 7) is 6.14. The summed E-state index contributed by atoms with van der Waals surface area (Å²) in [6.07, 6.45) is 1.78. The molecule has 6 heteroatoms. The van der Waals surface area contributed by atoms with Gasteiger partial charge in [-0.1, -0.05) is 44.0 Å². The minimum atomic E-state index is 0.00196. The quantitative estimate of drug-likeness (QED) is 0.485. The highest BCUT2D eigenvalue weighted by molar-refractivity contribution is 7.80. The monoisotopic (exact) mass is 303 g/mol. The number of halogens is 2. The number of nitrogens with one attached hydrogen (secondary N) is 2. The summed E-state index contributed by atoms with van der Waals surface area (Å²) in [5.41, 5.74) is 3.45. The van der Waals surface area contributed by atoms with Gasteiger partial charge in [-0.05, 0) is 35.8 Å². The largest absolute Gasteiger partial charge is 0.331 e. The maximum Gasteiger partial charge on any atom is 0.191 e. The molecule has 0 fully saturated rings. The lowest BCUT2D eigenvalue weighted by atomic mass is 9.99. The van der Waals surface area contributed by atoms with E-state index in [4.69, 9.17) is 35.4 Å². The van der Waals surface area contributed by atoms with Gasteiger partial charge in [0.2, 0.25) is 0 Å². The summed E-state index contributed by atoms with van der Waals surface area (Å²) in [6, 6.07) is 5.12. The third kappa shape index (κ3) is 6.19. The van der Waals surface area contributed by atoms with Crippen LogP contribution in [-0.4, -0.2) is 11.3 Å². The van der Waals surface area contributed by atoms with Crippen LogP contribution < -0.4 is 10.7 Å². The van der Waals surface area contributed by atoms with E-state index in [-0.39, 0.29) is 5.41 Å². The molecule has 0 saturated heterocycles. The molecular formula is C12H15Cl2N3S. The molecule has 3 nitrogen and oxygen atoms in total. The van der Waals surface area contributed by atoms with Gasteiger partial charge >= 0.3 is 0 Å². The van der Waals surface area contributed by atoms with Crippen LogP contribution >= 0.6 is 35.4 Å². The molecule has 0 saturated carbocycles. The molecule has 0 spiro atoms. The molecule has 0 heterocycles. The van der Waals surface area contributed by atoms with Gasteiger partial charge in [0.1, 0.15) is 0 Å². The van der Waals surface area contributed by atoms with Crippen molar-refractivity contribution in [1.82, 2.24) is 5.43 Å². The highest BCUT2D eigenvalue weighted by Crippen LogP contribution is 2.22. The number of rotatable bonds is 2. The highest BCUT2D eigenvalue weighted by atomic mass is 35.5. The Morgan fingerprint density at radius 2 is 1.78 bits per heavy atom. The van der Waals surface area contributed by atoms with Crippen LogP contribution in [0.1, 0.15) is 20.8 Å². The van der Waals surface area contributed by atoms with Crippen LogP contribution in [0, 0.1) is 5.41 Å². The van der Waals surface area contributed by atoms with Crippen molar-refractivity contribution in [3.63, 3.8) is 0 Å². The first-order chi connectivity index (χ1) is 8.26. The number of hydrazone groups is 1. The summed E-state index contributed by atoms with van der Waals surface area (Å²) in [5.74, 6) is 0. The van der Waals surface area contributed by atoms with Crippen LogP contribution in [0.2, 0.25) is 10.0 Å². The Hall–Kier alpha value is -0.840. The van der Waals surface area contributed by atoms with Gasteiger partial charge in [-0.3, -0.25) is 5.43 Å². The van der Waals surface area contributed by atoms with E-state index in [1.807, 2.05) is 20.8 Å². The van der Waals surface area contributed by atoms with E-state index in [1.54, 1.807) is 24.4 Å². The first kappa shape index (κ1) is 15.2. The fraction of sp³-hybridized carbons (Fsp3) is 0.333. The van der Waals surface area contributed by atoms with Crippen molar-refractivity contribution >= 4 is 52.4 Å². The number of hydrogen-bond donors (Lipinski definition) is 2. The fourth-order valence-corrected chi connectivity index (χ4v) is 1.77. The average molecular weight is 304 g/mol. The number of benzene rings is 1. The maximum atomic E-state index is 5.88. The second kappa shape index (κ2) is 6.36. The van der Waals surface area contributed by atoms with E-state index in [9.17, 15) is 0 Å². The van der Waals surface area contributed by atoms with Gasteiger partial charge in [-0.2, -0.15) is 5.10 Å². The average Bonchev–Trinajstić information content (AvgIpc) is 2.12. The van der Waals surface area contributed by atoms with Crippen molar-refractivity contribution in [3.8, 4) is 0 Å². The zero-order valence-electron chi connectivity index (χ0n) is 10.4. The Bertz CT molecular complexity index is 447. The molecule has 0 aromatic heterocycles. The molecule has 2 N–H and O–H groups in total. The minimum absolute atomic E-state index is 0.00196. The molecular weight excluding hydrogens is 289 g/mol. The fourth-order valence-electron chi connectivity index (χ4n) is 1.07. The van der Waals surface area contributed by atoms with Crippen molar-refractivity contribution in [2.75, 3.05) is 5.32 Å². The van der Waals surface area contributed by atoms with Crippen LogP contribution in [0.3, 0.4) is 0 Å². The zero-order chi connectivity index (χ0) is 13.8. The molecule has 0 atom stereocenters. The minimum Gasteiger partial charge on any atom is -0.331 e. The lowest BCUT2D eigenvalue weighted by Crippen LogP contribution is -2.25. The standard InChI is InChI=1S/C12H15Cl2N3S/c1-12(2,3)7-15-17-11(18)16-10-5-8(13)4-9(14)6-10/h4-7H,1-3H3,(H2,16,17,18)/b15-7+. The molecule has 18 heavy (non-hydrogen) atoms. The van der Waals surface area contributed by atoms with Gasteiger partial charge < -0.3 is 5.32 Å². The number of hydrogen-bond acceptors (Lipinski definition) is 2. The molecule has 0 bridgehead atoms. The third-order valence-electron chi connectivity index (χ3n) is 1.74. The van der Waals surface area contributed by atoms with Crippen molar-refractivity contribution < 1.29 is 0 Å². The third-order valence-corrected chi connectivity index (χ3v) is 2.37. The van der Waals surface area contributed by atoms with Crippen LogP contribution in [0.4, 0.5) is 5.69 Å². The summed E-state index contributed by atoms with van der Waals surface area (Å²) in [4.78, 5) is 0. The molecule has 0 unspecified atom stereocenters. The maximum absolute atomic E-state index is 5.88. The van der Waals surface area contributed by atoms with E-state index in [2.05, 4.69) is 15.8 Å². The normalized spacial score (nSPS) is 11.6. The molecule has 0 amide bonds. The molecule has 1 aromatic carbocycles. The zero-order valence-corrected chi connectivity index (χ0v) is 12.7. The Kier molecular flexibility index (Phi) is 5.38. The summed E-state index contributed by atoms with van der Waals surface area (Å²) >= 11 is 16.8. The second-order valence-electron chi connectivity index (χ2n) is 4.85. The molecule has 0 radical (unpaired) electrons. The topological polar surface area (TPSA) is 36.4 Å². The van der Waals surface area contributed by atoms with Gasteiger partial charge in [0.05, 0.1) is 0 Å². The van der Waals surface area contributed by atoms with E-state index in [0.29, 0.717) is 15.2 Å². The Morgan fingerprint density at radius 1 is 1.22 bits per heavy atom. The Labute approximate surface area is 123 Å². The smallest absolute Gasteiger partial charge is 0.191 e. The molecule has 1 rings (SSSR count). The second-order valence-corrected chi connectivity index (χ2v) is 6.13. The summed E-state index contributed by atoms with van der Waals surface area (Å²) in [5, 5.41) is 8.46. The van der Waals surface area contributed by atoms with Crippen molar-refractivity contribution in [2.24, 2.45) is 10.5 Å². The summed E-state index contributed by atoms with van der Waals surface area (Å²) < 4.78 is 0. The lowest BCUT2D eigenvalue weighted by Gasteiger charge is -2.11. The first-order valence-corrected chi connectivity index (χ1v) is 6.50. The lowest BCUT2D eigenvalue weighted by molar-refractivity contribution is 0.603. The van der Waals surface area contributed by atoms with Gasteiger partial charge in [0.25, 0.3) is 0 Å². The predicted molar refractivity (Wildman–Crippen MR) is 83.8 cm³/mol. The SMILES string of the molecule is CC(C)(C)/C=N/NC(=S)Nc1cc(Cl)cc(Cl)c1. The Morgan fingerprint density at radius 3 is 2.28 bits per heavy atom. The van der Waals surface area contributed by atoms with Gasteiger partial charge in [-0.25, -0.2) is 0 Å². The van der Waals surface area contributed by atoms with Crippen LogP contribution in [0.5, 0.6) is 0 Å². The molecule has 0 aliphatic carbocycles. The van der Waals surface area contributed by atoms with Crippen LogP contribution in [0.25, 0.3) is 0 Å². The van der Waals surface area contributed by atoms with Crippen LogP contribution in [-0.2, 0) is 0 Å².